The summed E-state index contributed by atoms with van der Waals surface area (Å²) in [6.45, 7) is 10.5. The molecule has 2 aliphatic rings. The zero-order chi connectivity index (χ0) is 32.7. The van der Waals surface area contributed by atoms with Crippen molar-refractivity contribution in [1.29, 1.82) is 0 Å². The number of carbonyl (C=O) groups is 1. The quantitative estimate of drug-likeness (QED) is 0.232. The monoisotopic (exact) mass is 648 g/mol. The van der Waals surface area contributed by atoms with Crippen LogP contribution in [0.1, 0.15) is 41.8 Å². The lowest BCUT2D eigenvalue weighted by Crippen LogP contribution is -2.40. The van der Waals surface area contributed by atoms with Crippen LogP contribution in [0.25, 0.3) is 32.7 Å². The number of anilines is 3. The fourth-order valence-corrected chi connectivity index (χ4v) is 8.01. The van der Waals surface area contributed by atoms with E-state index >= 15 is 0 Å². The van der Waals surface area contributed by atoms with Crippen LogP contribution in [0.15, 0.2) is 54.9 Å². The lowest BCUT2D eigenvalue weighted by Gasteiger charge is -2.34. The molecule has 1 fully saturated rings. The van der Waals surface area contributed by atoms with Crippen LogP contribution in [0.5, 0.6) is 0 Å². The third kappa shape index (κ3) is 6.30. The number of fused-ring (bicyclic) bond motifs is 2. The molecule has 47 heavy (non-hydrogen) atoms. The minimum absolute atomic E-state index is 0.106. The summed E-state index contributed by atoms with van der Waals surface area (Å²) in [6, 6.07) is 15.6. The van der Waals surface area contributed by atoms with Gasteiger partial charge in [0, 0.05) is 62.1 Å². The number of hydrogen-bond acceptors (Lipinski definition) is 10. The fourth-order valence-electron chi connectivity index (χ4n) is 6.67. The molecule has 0 spiro atoms. The van der Waals surface area contributed by atoms with Gasteiger partial charge in [0.1, 0.15) is 0 Å². The largest absolute Gasteiger partial charge is 0.378 e. The molecule has 1 atom stereocenters. The van der Waals surface area contributed by atoms with Gasteiger partial charge in [-0.2, -0.15) is 0 Å². The third-order valence-electron chi connectivity index (χ3n) is 9.19. The summed E-state index contributed by atoms with van der Waals surface area (Å²) < 4.78 is 6.73. The van der Waals surface area contributed by atoms with E-state index in [1.807, 2.05) is 4.90 Å². The van der Waals surface area contributed by atoms with Crippen molar-refractivity contribution < 1.29 is 9.53 Å². The van der Waals surface area contributed by atoms with Gasteiger partial charge < -0.3 is 20.3 Å². The van der Waals surface area contributed by atoms with Gasteiger partial charge in [-0.05, 0) is 73.7 Å². The maximum Gasteiger partial charge on any atom is 0.224 e. The molecule has 2 aromatic carbocycles. The highest BCUT2D eigenvalue weighted by Gasteiger charge is 2.26. The SMILES string of the molecule is CC(=O)N1c2ccc(-c3ccc(CN(C)Cc4sc5c(N6CCOCC6)nc(-c6cnc(N)nc6)nc5c4C)cc3)cc2CC[C@@H]1C. The van der Waals surface area contributed by atoms with E-state index < -0.39 is 0 Å². The number of nitrogen functional groups attached to an aromatic ring is 1. The molecule has 1 saturated heterocycles. The Hall–Kier alpha value is -4.45. The molecule has 0 unspecified atom stereocenters. The predicted octanol–water partition coefficient (Wildman–Crippen LogP) is 5.86. The van der Waals surface area contributed by atoms with Gasteiger partial charge in [-0.3, -0.25) is 9.69 Å². The number of thiophene rings is 1. The second-order valence-corrected chi connectivity index (χ2v) is 13.7. The van der Waals surface area contributed by atoms with Crippen LogP contribution < -0.4 is 15.5 Å². The third-order valence-corrected chi connectivity index (χ3v) is 10.5. The number of rotatable bonds is 7. The molecule has 3 aromatic heterocycles. The number of benzene rings is 2. The highest BCUT2D eigenvalue weighted by molar-refractivity contribution is 7.19. The first-order valence-corrected chi connectivity index (χ1v) is 17.0. The van der Waals surface area contributed by atoms with Crippen molar-refractivity contribution in [3.63, 3.8) is 0 Å². The molecule has 2 N–H and O–H groups in total. The van der Waals surface area contributed by atoms with E-state index in [1.54, 1.807) is 30.7 Å². The van der Waals surface area contributed by atoms with Gasteiger partial charge in [0.15, 0.2) is 11.6 Å². The lowest BCUT2D eigenvalue weighted by atomic mass is 9.93. The molecule has 7 rings (SSSR count). The van der Waals surface area contributed by atoms with Gasteiger partial charge in [-0.1, -0.05) is 30.3 Å². The summed E-state index contributed by atoms with van der Waals surface area (Å²) in [7, 11) is 2.16. The highest BCUT2D eigenvalue weighted by Crippen LogP contribution is 2.38. The van der Waals surface area contributed by atoms with Crippen molar-refractivity contribution in [2.75, 3.05) is 48.9 Å². The molecule has 5 aromatic rings. The Balaban J connectivity index is 1.10. The smallest absolute Gasteiger partial charge is 0.224 e. The molecule has 11 heteroatoms. The normalized spacial score (nSPS) is 16.6. The predicted molar refractivity (Wildman–Crippen MR) is 189 cm³/mol. The first-order chi connectivity index (χ1) is 22.7. The number of ether oxygens (including phenoxy) is 1. The fraction of sp³-hybridized carbons (Fsp3) is 0.361. The molecule has 0 saturated carbocycles. The van der Waals surface area contributed by atoms with Gasteiger partial charge in [-0.15, -0.1) is 11.3 Å². The van der Waals surface area contributed by atoms with E-state index in [9.17, 15) is 4.79 Å². The Bertz CT molecular complexity index is 1920. The van der Waals surface area contributed by atoms with E-state index in [0.717, 1.165) is 66.3 Å². The molecular weight excluding hydrogens is 609 g/mol. The number of morpholine rings is 1. The molecule has 0 radical (unpaired) electrons. The van der Waals surface area contributed by atoms with Crippen molar-refractivity contribution in [3.8, 4) is 22.5 Å². The Kier molecular flexibility index (Phi) is 8.61. The van der Waals surface area contributed by atoms with Crippen molar-refractivity contribution in [2.45, 2.75) is 52.7 Å². The summed E-state index contributed by atoms with van der Waals surface area (Å²) in [4.78, 5) is 38.5. The van der Waals surface area contributed by atoms with Crippen molar-refractivity contribution in [2.24, 2.45) is 0 Å². The molecule has 0 bridgehead atoms. The average molecular weight is 649 g/mol. The standard InChI is InChI=1S/C36H40N8O2S/c1-22-5-8-28-17-27(11-12-30(28)44(22)24(3)45)26-9-6-25(7-10-26)20-42(4)21-31-23(2)32-33(47-31)35(43-13-15-46-16-14-43)41-34(40-32)29-18-38-36(37)39-19-29/h6-7,9-12,17-19,22H,5,8,13-16,20-21H2,1-4H3,(H2,37,38,39)/t22-/m0/s1. The molecule has 242 valence electrons. The summed E-state index contributed by atoms with van der Waals surface area (Å²) in [5.41, 5.74) is 14.5. The van der Waals surface area contributed by atoms with Crippen LogP contribution in [0.4, 0.5) is 17.5 Å². The maximum absolute atomic E-state index is 12.3. The van der Waals surface area contributed by atoms with Crippen LogP contribution in [0.2, 0.25) is 0 Å². The average Bonchev–Trinajstić information content (AvgIpc) is 3.39. The summed E-state index contributed by atoms with van der Waals surface area (Å²) in [5, 5.41) is 0. The summed E-state index contributed by atoms with van der Waals surface area (Å²) in [6.07, 6.45) is 5.34. The van der Waals surface area contributed by atoms with E-state index in [4.69, 9.17) is 20.4 Å². The van der Waals surface area contributed by atoms with Crippen molar-refractivity contribution in [3.05, 3.63) is 76.4 Å². The van der Waals surface area contributed by atoms with E-state index in [0.29, 0.717) is 19.0 Å². The number of amides is 1. The van der Waals surface area contributed by atoms with Crippen LogP contribution in [0, 0.1) is 6.92 Å². The molecular formula is C36H40N8O2S. The van der Waals surface area contributed by atoms with Crippen molar-refractivity contribution >= 4 is 44.9 Å². The molecule has 10 nitrogen and oxygen atoms in total. The van der Waals surface area contributed by atoms with Crippen molar-refractivity contribution in [1.82, 2.24) is 24.8 Å². The van der Waals surface area contributed by atoms with E-state index in [-0.39, 0.29) is 17.9 Å². The molecule has 0 aliphatic carbocycles. The molecule has 2 aliphatic heterocycles. The topological polar surface area (TPSA) is 114 Å². The van der Waals surface area contributed by atoms with Gasteiger partial charge in [0.25, 0.3) is 0 Å². The minimum Gasteiger partial charge on any atom is -0.378 e. The van der Waals surface area contributed by atoms with Crippen LogP contribution in [-0.4, -0.2) is 70.1 Å². The number of nitrogens with two attached hydrogens (primary N) is 1. The molecule has 1 amide bonds. The zero-order valence-corrected chi connectivity index (χ0v) is 28.2. The Labute approximate surface area is 279 Å². The van der Waals surface area contributed by atoms with Crippen LogP contribution in [0.3, 0.4) is 0 Å². The number of hydrogen-bond donors (Lipinski definition) is 1. The van der Waals surface area contributed by atoms with E-state index in [2.05, 4.69) is 83.1 Å². The van der Waals surface area contributed by atoms with Crippen LogP contribution >= 0.6 is 11.3 Å². The Morgan fingerprint density at radius 3 is 2.47 bits per heavy atom. The minimum atomic E-state index is 0.106. The summed E-state index contributed by atoms with van der Waals surface area (Å²) >= 11 is 1.78. The lowest BCUT2D eigenvalue weighted by molar-refractivity contribution is -0.117. The number of carbonyl (C=O) groups excluding carboxylic acids is 1. The first-order valence-electron chi connectivity index (χ1n) is 16.2. The van der Waals surface area contributed by atoms with Gasteiger partial charge in [0.05, 0.1) is 29.0 Å². The second-order valence-electron chi connectivity index (χ2n) is 12.6. The number of aromatic nitrogens is 4. The van der Waals surface area contributed by atoms with Crippen LogP contribution in [-0.2, 0) is 29.0 Å². The zero-order valence-electron chi connectivity index (χ0n) is 27.4. The second kappa shape index (κ2) is 13.0. The number of nitrogens with zero attached hydrogens (tertiary/aromatic N) is 7. The number of aryl methyl sites for hydroxylation is 2. The Morgan fingerprint density at radius 2 is 1.74 bits per heavy atom. The van der Waals surface area contributed by atoms with Gasteiger partial charge >= 0.3 is 0 Å². The Morgan fingerprint density at radius 1 is 1.02 bits per heavy atom. The van der Waals surface area contributed by atoms with E-state index in [1.165, 1.54) is 32.7 Å². The maximum atomic E-state index is 12.3. The van der Waals surface area contributed by atoms with Gasteiger partial charge in [0.2, 0.25) is 11.9 Å². The highest BCUT2D eigenvalue weighted by atomic mass is 32.1. The molecule has 5 heterocycles. The van der Waals surface area contributed by atoms with Gasteiger partial charge in [-0.25, -0.2) is 19.9 Å². The first kappa shape index (κ1) is 31.2. The summed E-state index contributed by atoms with van der Waals surface area (Å²) in [5.74, 6) is 1.87.